The number of anilines is 1. The summed E-state index contributed by atoms with van der Waals surface area (Å²) in [7, 11) is 0. The van der Waals surface area contributed by atoms with Crippen LogP contribution >= 0.6 is 0 Å². The number of carbonyl (C=O) groups is 1. The summed E-state index contributed by atoms with van der Waals surface area (Å²) in [6, 6.07) is 5.89. The van der Waals surface area contributed by atoms with Crippen LogP contribution < -0.4 is 9.64 Å². The van der Waals surface area contributed by atoms with E-state index in [1.165, 1.54) is 0 Å². The molecule has 0 fully saturated rings. The molecule has 0 spiro atoms. The van der Waals surface area contributed by atoms with Gasteiger partial charge in [-0.3, -0.25) is 4.79 Å². The Hall–Kier alpha value is -1.77. The molecule has 1 aromatic carbocycles. The van der Waals surface area contributed by atoms with E-state index in [1.807, 2.05) is 32.0 Å². The van der Waals surface area contributed by atoms with Crippen LogP contribution in [0.25, 0.3) is 0 Å². The zero-order valence-electron chi connectivity index (χ0n) is 11.4. The number of fused-ring (bicyclic) bond motifs is 1. The summed E-state index contributed by atoms with van der Waals surface area (Å²) in [6.07, 6.45) is 0. The van der Waals surface area contributed by atoms with Crippen molar-refractivity contribution in [2.45, 2.75) is 33.3 Å². The van der Waals surface area contributed by atoms with Gasteiger partial charge in [-0.2, -0.15) is 0 Å². The minimum absolute atomic E-state index is 0.0244. The van der Waals surface area contributed by atoms with Gasteiger partial charge in [0, 0.05) is 6.54 Å². The summed E-state index contributed by atoms with van der Waals surface area (Å²) in [5.74, 6) is 0.732. The normalized spacial score (nSPS) is 17.1. The summed E-state index contributed by atoms with van der Waals surface area (Å²) in [6.45, 7) is 11.9. The van der Waals surface area contributed by atoms with Crippen LogP contribution in [0.2, 0.25) is 0 Å². The summed E-state index contributed by atoms with van der Waals surface area (Å²) in [4.78, 5) is 14.2. The van der Waals surface area contributed by atoms with Gasteiger partial charge in [0.1, 0.15) is 5.75 Å². The van der Waals surface area contributed by atoms with Gasteiger partial charge in [0.15, 0.2) is 5.60 Å². The van der Waals surface area contributed by atoms with Crippen molar-refractivity contribution in [1.29, 1.82) is 0 Å². The van der Waals surface area contributed by atoms with E-state index in [9.17, 15) is 4.79 Å². The van der Waals surface area contributed by atoms with Gasteiger partial charge >= 0.3 is 0 Å². The molecule has 18 heavy (non-hydrogen) atoms. The summed E-state index contributed by atoms with van der Waals surface area (Å²) >= 11 is 0. The molecule has 1 aliphatic rings. The van der Waals surface area contributed by atoms with Crippen molar-refractivity contribution in [1.82, 2.24) is 0 Å². The van der Waals surface area contributed by atoms with Gasteiger partial charge in [-0.15, -0.1) is 0 Å². The van der Waals surface area contributed by atoms with Crippen molar-refractivity contribution in [2.75, 3.05) is 11.4 Å². The van der Waals surface area contributed by atoms with E-state index in [4.69, 9.17) is 4.74 Å². The summed E-state index contributed by atoms with van der Waals surface area (Å²) in [5, 5.41) is 0. The molecular formula is C15H19NO2. The zero-order valence-corrected chi connectivity index (χ0v) is 11.4. The van der Waals surface area contributed by atoms with Crippen molar-refractivity contribution in [2.24, 2.45) is 0 Å². The maximum atomic E-state index is 12.4. The molecule has 96 valence electrons. The maximum Gasteiger partial charge on any atom is 0.270 e. The first-order chi connectivity index (χ1) is 8.31. The lowest BCUT2D eigenvalue weighted by Gasteiger charge is -2.39. The molecule has 0 atom stereocenters. The van der Waals surface area contributed by atoms with Crippen LogP contribution in [-0.2, 0) is 4.79 Å². The number of rotatable bonds is 2. The van der Waals surface area contributed by atoms with Crippen LogP contribution in [0.4, 0.5) is 5.69 Å². The average Bonchev–Trinajstić information content (AvgIpc) is 2.25. The standard InChI is InChI=1S/C15H19NO2/c1-10(2)9-16-12-8-11(3)6-7-13(12)18-15(4,5)14(16)17/h6-8H,1,9H2,2-5H3. The van der Waals surface area contributed by atoms with Gasteiger partial charge in [0.2, 0.25) is 0 Å². The van der Waals surface area contributed by atoms with Gasteiger partial charge in [0.05, 0.1) is 5.69 Å². The smallest absolute Gasteiger partial charge is 0.270 e. The van der Waals surface area contributed by atoms with Crippen molar-refractivity contribution >= 4 is 11.6 Å². The van der Waals surface area contributed by atoms with E-state index in [0.717, 1.165) is 22.6 Å². The van der Waals surface area contributed by atoms with Gasteiger partial charge in [0.25, 0.3) is 5.91 Å². The minimum atomic E-state index is -0.822. The Morgan fingerprint density at radius 1 is 1.44 bits per heavy atom. The highest BCUT2D eigenvalue weighted by atomic mass is 16.5. The third kappa shape index (κ3) is 2.13. The number of carbonyl (C=O) groups excluding carboxylic acids is 1. The molecule has 0 aromatic heterocycles. The predicted molar refractivity (Wildman–Crippen MR) is 73.1 cm³/mol. The van der Waals surface area contributed by atoms with Crippen molar-refractivity contribution in [3.05, 3.63) is 35.9 Å². The Morgan fingerprint density at radius 3 is 2.72 bits per heavy atom. The molecule has 0 N–H and O–H groups in total. The highest BCUT2D eigenvalue weighted by Gasteiger charge is 2.40. The molecule has 0 radical (unpaired) electrons. The van der Waals surface area contributed by atoms with E-state index in [-0.39, 0.29) is 5.91 Å². The molecule has 0 saturated heterocycles. The number of nitrogens with zero attached hydrogens (tertiary/aromatic N) is 1. The molecule has 0 bridgehead atoms. The fraction of sp³-hybridized carbons (Fsp3) is 0.400. The van der Waals surface area contributed by atoms with Crippen LogP contribution in [0.3, 0.4) is 0 Å². The zero-order chi connectivity index (χ0) is 13.5. The first kappa shape index (κ1) is 12.7. The second-order valence-corrected chi connectivity index (χ2v) is 5.43. The lowest BCUT2D eigenvalue weighted by atomic mass is 10.0. The van der Waals surface area contributed by atoms with Gasteiger partial charge in [-0.25, -0.2) is 0 Å². The lowest BCUT2D eigenvalue weighted by molar-refractivity contribution is -0.132. The number of ether oxygens (including phenoxy) is 1. The van der Waals surface area contributed by atoms with E-state index in [2.05, 4.69) is 6.58 Å². The molecule has 1 heterocycles. The largest absolute Gasteiger partial charge is 0.476 e. The van der Waals surface area contributed by atoms with Crippen molar-refractivity contribution < 1.29 is 9.53 Å². The first-order valence-corrected chi connectivity index (χ1v) is 6.07. The second-order valence-electron chi connectivity index (χ2n) is 5.43. The molecule has 3 nitrogen and oxygen atoms in total. The molecule has 0 saturated carbocycles. The molecule has 0 aliphatic carbocycles. The third-order valence-corrected chi connectivity index (χ3v) is 2.96. The Balaban J connectivity index is 2.53. The monoisotopic (exact) mass is 245 g/mol. The van der Waals surface area contributed by atoms with Gasteiger partial charge in [-0.05, 0) is 45.4 Å². The molecule has 0 unspecified atom stereocenters. The Morgan fingerprint density at radius 2 is 2.11 bits per heavy atom. The van der Waals surface area contributed by atoms with Crippen LogP contribution in [-0.4, -0.2) is 18.1 Å². The predicted octanol–water partition coefficient (Wildman–Crippen LogP) is 3.08. The van der Waals surface area contributed by atoms with Crippen molar-refractivity contribution in [3.8, 4) is 5.75 Å². The number of hydrogen-bond acceptors (Lipinski definition) is 2. The van der Waals surface area contributed by atoms with E-state index in [0.29, 0.717) is 6.54 Å². The molecule has 3 heteroatoms. The molecule has 1 aliphatic heterocycles. The maximum absolute atomic E-state index is 12.4. The third-order valence-electron chi connectivity index (χ3n) is 2.96. The average molecular weight is 245 g/mol. The van der Waals surface area contributed by atoms with Crippen LogP contribution in [0.5, 0.6) is 5.75 Å². The topological polar surface area (TPSA) is 29.5 Å². The summed E-state index contributed by atoms with van der Waals surface area (Å²) in [5.41, 5.74) is 2.07. The van der Waals surface area contributed by atoms with E-state index < -0.39 is 5.60 Å². The fourth-order valence-corrected chi connectivity index (χ4v) is 2.10. The van der Waals surface area contributed by atoms with E-state index in [1.54, 1.807) is 18.7 Å². The molecular weight excluding hydrogens is 226 g/mol. The van der Waals surface area contributed by atoms with Crippen LogP contribution in [0.15, 0.2) is 30.4 Å². The molecule has 1 amide bonds. The number of aryl methyl sites for hydroxylation is 1. The van der Waals surface area contributed by atoms with Crippen molar-refractivity contribution in [3.63, 3.8) is 0 Å². The highest BCUT2D eigenvalue weighted by Crippen LogP contribution is 2.38. The Labute approximate surface area is 108 Å². The minimum Gasteiger partial charge on any atom is -0.476 e. The number of hydrogen-bond donors (Lipinski definition) is 0. The van der Waals surface area contributed by atoms with E-state index >= 15 is 0 Å². The number of benzene rings is 1. The number of amides is 1. The molecule has 1 aromatic rings. The Bertz CT molecular complexity index is 517. The van der Waals surface area contributed by atoms with Crippen LogP contribution in [0.1, 0.15) is 26.3 Å². The quantitative estimate of drug-likeness (QED) is 0.749. The Kier molecular flexibility index (Phi) is 2.93. The highest BCUT2D eigenvalue weighted by molar-refractivity contribution is 6.02. The first-order valence-electron chi connectivity index (χ1n) is 6.07. The fourth-order valence-electron chi connectivity index (χ4n) is 2.10. The second kappa shape index (κ2) is 4.16. The van der Waals surface area contributed by atoms with Gasteiger partial charge in [-0.1, -0.05) is 18.2 Å². The summed E-state index contributed by atoms with van der Waals surface area (Å²) < 4.78 is 5.78. The lowest BCUT2D eigenvalue weighted by Crippen LogP contribution is -2.52. The van der Waals surface area contributed by atoms with Gasteiger partial charge < -0.3 is 9.64 Å². The molecule has 2 rings (SSSR count). The van der Waals surface area contributed by atoms with Crippen LogP contribution in [0, 0.1) is 6.92 Å². The SMILES string of the molecule is C=C(C)CN1C(=O)C(C)(C)Oc2ccc(C)cc21.